The van der Waals surface area contributed by atoms with Crippen molar-refractivity contribution in [1.29, 1.82) is 0 Å². The van der Waals surface area contributed by atoms with Gasteiger partial charge < -0.3 is 4.74 Å². The van der Waals surface area contributed by atoms with E-state index in [1.165, 1.54) is 0 Å². The second-order valence-corrected chi connectivity index (χ2v) is 2.81. The molecule has 0 aliphatic heterocycles. The predicted octanol–water partition coefficient (Wildman–Crippen LogP) is 1.42. The Balaban J connectivity index is -0.000000500. The zero-order chi connectivity index (χ0) is 8.85. The SMILES string of the molecule is CCCOC(=O)[C@H](C)N(C)C.Cl.S. The molecule has 82 valence electrons. The molecule has 0 bridgehead atoms. The quantitative estimate of drug-likeness (QED) is 0.683. The molecule has 5 heteroatoms. The summed E-state index contributed by atoms with van der Waals surface area (Å²) < 4.78 is 4.93. The Morgan fingerprint density at radius 3 is 2.23 bits per heavy atom. The van der Waals surface area contributed by atoms with Gasteiger partial charge in [-0.25, -0.2) is 0 Å². The number of hydrogen-bond acceptors (Lipinski definition) is 3. The van der Waals surface area contributed by atoms with Gasteiger partial charge in [0.1, 0.15) is 6.04 Å². The molecule has 0 fully saturated rings. The topological polar surface area (TPSA) is 29.5 Å². The van der Waals surface area contributed by atoms with Crippen molar-refractivity contribution >= 4 is 31.9 Å². The van der Waals surface area contributed by atoms with Crippen LogP contribution in [0.4, 0.5) is 0 Å². The first-order valence-electron chi connectivity index (χ1n) is 3.92. The molecule has 0 saturated heterocycles. The van der Waals surface area contributed by atoms with E-state index in [0.29, 0.717) is 6.61 Å². The van der Waals surface area contributed by atoms with Crippen LogP contribution in [0, 0.1) is 0 Å². The maximum absolute atomic E-state index is 11.1. The summed E-state index contributed by atoms with van der Waals surface area (Å²) in [6.07, 6.45) is 0.881. The van der Waals surface area contributed by atoms with E-state index in [9.17, 15) is 4.79 Å². The van der Waals surface area contributed by atoms with Gasteiger partial charge in [-0.3, -0.25) is 9.69 Å². The number of hydrogen-bond donors (Lipinski definition) is 0. The van der Waals surface area contributed by atoms with Gasteiger partial charge in [-0.1, -0.05) is 6.92 Å². The highest BCUT2D eigenvalue weighted by atomic mass is 35.5. The van der Waals surface area contributed by atoms with E-state index in [2.05, 4.69) is 0 Å². The van der Waals surface area contributed by atoms with E-state index in [1.807, 2.05) is 32.8 Å². The van der Waals surface area contributed by atoms with Crippen LogP contribution in [0.5, 0.6) is 0 Å². The van der Waals surface area contributed by atoms with Crippen molar-refractivity contribution < 1.29 is 9.53 Å². The molecule has 0 N–H and O–H groups in total. The lowest BCUT2D eigenvalue weighted by Gasteiger charge is -2.17. The molecule has 0 aromatic heterocycles. The summed E-state index contributed by atoms with van der Waals surface area (Å²) in [5.74, 6) is -0.142. The third-order valence-electron chi connectivity index (χ3n) is 1.56. The van der Waals surface area contributed by atoms with Gasteiger partial charge in [-0.2, -0.15) is 13.5 Å². The van der Waals surface area contributed by atoms with Crippen LogP contribution in [0.2, 0.25) is 0 Å². The normalized spacial score (nSPS) is 11.2. The lowest BCUT2D eigenvalue weighted by atomic mass is 10.3. The summed E-state index contributed by atoms with van der Waals surface area (Å²) in [7, 11) is 3.72. The van der Waals surface area contributed by atoms with Crippen LogP contribution < -0.4 is 0 Å². The van der Waals surface area contributed by atoms with Crippen LogP contribution in [0.1, 0.15) is 20.3 Å². The molecule has 1 atom stereocenters. The van der Waals surface area contributed by atoms with Gasteiger partial charge in [0.15, 0.2) is 0 Å². The van der Waals surface area contributed by atoms with Crippen LogP contribution in [0.15, 0.2) is 0 Å². The lowest BCUT2D eigenvalue weighted by molar-refractivity contribution is -0.148. The molecule has 0 heterocycles. The van der Waals surface area contributed by atoms with Crippen LogP contribution in [-0.2, 0) is 9.53 Å². The minimum Gasteiger partial charge on any atom is -0.465 e. The molecule has 13 heavy (non-hydrogen) atoms. The molecule has 3 nitrogen and oxygen atoms in total. The van der Waals surface area contributed by atoms with E-state index >= 15 is 0 Å². The minimum atomic E-state index is -0.142. The fourth-order valence-electron chi connectivity index (χ4n) is 0.534. The number of likely N-dealkylation sites (N-methyl/N-ethyl adjacent to an activating group) is 1. The number of halogens is 1. The van der Waals surface area contributed by atoms with Gasteiger partial charge in [0, 0.05) is 0 Å². The highest BCUT2D eigenvalue weighted by Gasteiger charge is 2.15. The average Bonchev–Trinajstić information content (AvgIpc) is 1.98. The Kier molecular flexibility index (Phi) is 14.7. The summed E-state index contributed by atoms with van der Waals surface area (Å²) in [4.78, 5) is 12.9. The molecule has 0 radical (unpaired) electrons. The first-order valence-corrected chi connectivity index (χ1v) is 3.92. The molecule has 0 spiro atoms. The Bertz CT molecular complexity index is 133. The summed E-state index contributed by atoms with van der Waals surface area (Å²) in [6.45, 7) is 4.34. The second kappa shape index (κ2) is 10.2. The third kappa shape index (κ3) is 8.40. The highest BCUT2D eigenvalue weighted by Crippen LogP contribution is 1.95. The molecule has 0 saturated carbocycles. The standard InChI is InChI=1S/C8H17NO2.ClH.H2S/c1-5-6-11-8(10)7(2)9(3)4;;/h7H,5-6H2,1-4H3;1H;1H2/t7-;;/m0../s1. The van der Waals surface area contributed by atoms with E-state index in [4.69, 9.17) is 4.74 Å². The zero-order valence-corrected chi connectivity index (χ0v) is 10.5. The molecular formula is C8H20ClNO2S. The summed E-state index contributed by atoms with van der Waals surface area (Å²) >= 11 is 0. The van der Waals surface area contributed by atoms with Gasteiger partial charge in [-0.15, -0.1) is 12.4 Å². The van der Waals surface area contributed by atoms with Crippen LogP contribution >= 0.6 is 25.9 Å². The largest absolute Gasteiger partial charge is 0.465 e. The smallest absolute Gasteiger partial charge is 0.323 e. The van der Waals surface area contributed by atoms with Crippen molar-refractivity contribution in [3.05, 3.63) is 0 Å². The number of esters is 1. The molecule has 0 aromatic rings. The Morgan fingerprint density at radius 2 is 1.92 bits per heavy atom. The fourth-order valence-corrected chi connectivity index (χ4v) is 0.534. The second-order valence-electron chi connectivity index (χ2n) is 2.81. The van der Waals surface area contributed by atoms with Gasteiger partial charge >= 0.3 is 5.97 Å². The fraction of sp³-hybridized carbons (Fsp3) is 0.875. The Morgan fingerprint density at radius 1 is 1.46 bits per heavy atom. The maximum atomic E-state index is 11.1. The number of nitrogens with zero attached hydrogens (tertiary/aromatic N) is 1. The van der Waals surface area contributed by atoms with Crippen molar-refractivity contribution in [2.45, 2.75) is 26.3 Å². The van der Waals surface area contributed by atoms with E-state index < -0.39 is 0 Å². The molecule has 0 aliphatic carbocycles. The third-order valence-corrected chi connectivity index (χ3v) is 1.56. The molecule has 0 aliphatic rings. The Hall–Kier alpha value is 0.0700. The average molecular weight is 230 g/mol. The predicted molar refractivity (Wildman–Crippen MR) is 62.0 cm³/mol. The minimum absolute atomic E-state index is 0. The van der Waals surface area contributed by atoms with Crippen molar-refractivity contribution in [2.24, 2.45) is 0 Å². The van der Waals surface area contributed by atoms with Gasteiger partial charge in [0.05, 0.1) is 6.61 Å². The summed E-state index contributed by atoms with van der Waals surface area (Å²) in [5, 5.41) is 0. The van der Waals surface area contributed by atoms with E-state index in [0.717, 1.165) is 6.42 Å². The maximum Gasteiger partial charge on any atom is 0.323 e. The summed E-state index contributed by atoms with van der Waals surface area (Å²) in [5.41, 5.74) is 0. The number of carbonyl (C=O) groups is 1. The van der Waals surface area contributed by atoms with Crippen LogP contribution in [-0.4, -0.2) is 37.6 Å². The number of carbonyl (C=O) groups excluding carboxylic acids is 1. The monoisotopic (exact) mass is 229 g/mol. The van der Waals surface area contributed by atoms with Crippen LogP contribution in [0.3, 0.4) is 0 Å². The highest BCUT2D eigenvalue weighted by molar-refractivity contribution is 7.59. The van der Waals surface area contributed by atoms with Gasteiger partial charge in [0.25, 0.3) is 0 Å². The van der Waals surface area contributed by atoms with Crippen LogP contribution in [0.25, 0.3) is 0 Å². The molecule has 0 amide bonds. The first-order chi connectivity index (χ1) is 5.09. The van der Waals surface area contributed by atoms with Crippen molar-refractivity contribution in [2.75, 3.05) is 20.7 Å². The van der Waals surface area contributed by atoms with Gasteiger partial charge in [-0.05, 0) is 27.4 Å². The number of ether oxygens (including phenoxy) is 1. The molecule has 0 unspecified atom stereocenters. The zero-order valence-electron chi connectivity index (χ0n) is 8.66. The first kappa shape index (κ1) is 18.8. The number of rotatable bonds is 4. The molecule has 0 rings (SSSR count). The van der Waals surface area contributed by atoms with E-state index in [-0.39, 0.29) is 37.9 Å². The van der Waals surface area contributed by atoms with E-state index in [1.54, 1.807) is 0 Å². The van der Waals surface area contributed by atoms with Gasteiger partial charge in [0.2, 0.25) is 0 Å². The van der Waals surface area contributed by atoms with Crippen molar-refractivity contribution in [1.82, 2.24) is 4.90 Å². The van der Waals surface area contributed by atoms with Crippen molar-refractivity contribution in [3.8, 4) is 0 Å². The molecule has 0 aromatic carbocycles. The lowest BCUT2D eigenvalue weighted by Crippen LogP contribution is -2.34. The summed E-state index contributed by atoms with van der Waals surface area (Å²) in [6, 6.07) is -0.137. The molecular weight excluding hydrogens is 210 g/mol. The van der Waals surface area contributed by atoms with Crippen molar-refractivity contribution in [3.63, 3.8) is 0 Å². The Labute approximate surface area is 93.7 Å².